The van der Waals surface area contributed by atoms with Gasteiger partial charge < -0.3 is 15.5 Å². The number of aliphatic hydroxyl groups is 1. The van der Waals surface area contributed by atoms with Gasteiger partial charge in [-0.25, -0.2) is 0 Å². The molecule has 1 aliphatic rings. The number of hydrogen-bond acceptors (Lipinski definition) is 5. The third-order valence-electron chi connectivity index (χ3n) is 4.97. The van der Waals surface area contributed by atoms with E-state index in [1.807, 2.05) is 43.3 Å². The number of aromatic hydroxyl groups is 1. The molecule has 0 unspecified atom stereocenters. The number of rotatable bonds is 4. The summed E-state index contributed by atoms with van der Waals surface area (Å²) in [4.78, 5) is 0. The van der Waals surface area contributed by atoms with Gasteiger partial charge in [0.2, 0.25) is 0 Å². The van der Waals surface area contributed by atoms with E-state index in [9.17, 15) is 10.2 Å². The van der Waals surface area contributed by atoms with Crippen LogP contribution in [0.1, 0.15) is 25.3 Å². The van der Waals surface area contributed by atoms with Crippen LogP contribution in [-0.2, 0) is 0 Å². The Labute approximate surface area is 165 Å². The monoisotopic (exact) mass is 425 g/mol. The van der Waals surface area contributed by atoms with Gasteiger partial charge in [0, 0.05) is 26.9 Å². The Morgan fingerprint density at radius 2 is 1.89 bits per heavy atom. The van der Waals surface area contributed by atoms with Gasteiger partial charge in [0.05, 0.1) is 5.60 Å². The zero-order valence-electron chi connectivity index (χ0n) is 14.9. The van der Waals surface area contributed by atoms with Gasteiger partial charge in [0.15, 0.2) is 5.82 Å². The molecule has 2 aromatic carbocycles. The molecule has 5 nitrogen and oxygen atoms in total. The first-order chi connectivity index (χ1) is 12.8. The summed E-state index contributed by atoms with van der Waals surface area (Å²) < 4.78 is 0.705. The second-order valence-corrected chi connectivity index (χ2v) is 8.28. The standard InChI is InChI=1S/C21H20BrN3O2/c1-12(22)13-7-8-17(18(26)9-13)19-15-5-3-4-6-16(15)20(25-24-19)23-14-10-21(2,27)11-14/h3-9,14,26-27H,1,10-11H2,2H3,(H,23,25). The van der Waals surface area contributed by atoms with Crippen molar-refractivity contribution in [2.24, 2.45) is 0 Å². The van der Waals surface area contributed by atoms with Gasteiger partial charge in [-0.05, 0) is 37.5 Å². The van der Waals surface area contributed by atoms with Gasteiger partial charge in [0.1, 0.15) is 11.4 Å². The van der Waals surface area contributed by atoms with Crippen molar-refractivity contribution >= 4 is 37.0 Å². The van der Waals surface area contributed by atoms with Crippen LogP contribution in [0.4, 0.5) is 5.82 Å². The van der Waals surface area contributed by atoms with E-state index in [0.717, 1.165) is 16.3 Å². The number of nitrogens with one attached hydrogen (secondary N) is 1. The number of halogens is 1. The Hall–Kier alpha value is -2.44. The number of nitrogens with zero attached hydrogens (tertiary/aromatic N) is 2. The second-order valence-electron chi connectivity index (χ2n) is 7.33. The molecule has 4 rings (SSSR count). The van der Waals surface area contributed by atoms with Crippen LogP contribution < -0.4 is 5.32 Å². The molecule has 138 valence electrons. The maximum absolute atomic E-state index is 10.5. The van der Waals surface area contributed by atoms with Crippen LogP contribution in [0.5, 0.6) is 5.75 Å². The molecule has 1 saturated carbocycles. The molecule has 0 amide bonds. The first kappa shape index (κ1) is 17.9. The molecular weight excluding hydrogens is 406 g/mol. The molecule has 3 N–H and O–H groups in total. The van der Waals surface area contributed by atoms with Gasteiger partial charge in [0.25, 0.3) is 0 Å². The molecule has 0 spiro atoms. The summed E-state index contributed by atoms with van der Waals surface area (Å²) in [6.45, 7) is 5.67. The lowest BCUT2D eigenvalue weighted by Gasteiger charge is -2.41. The molecule has 1 heterocycles. The van der Waals surface area contributed by atoms with Crippen LogP contribution in [0.3, 0.4) is 0 Å². The summed E-state index contributed by atoms with van der Waals surface area (Å²) in [6, 6.07) is 13.4. The largest absolute Gasteiger partial charge is 0.507 e. The molecule has 1 aliphatic carbocycles. The van der Waals surface area contributed by atoms with Crippen LogP contribution in [0.15, 0.2) is 49.0 Å². The molecule has 0 radical (unpaired) electrons. The minimum absolute atomic E-state index is 0.128. The Balaban J connectivity index is 1.75. The zero-order chi connectivity index (χ0) is 19.2. The number of fused-ring (bicyclic) bond motifs is 1. The van der Waals surface area contributed by atoms with Gasteiger partial charge in [-0.15, -0.1) is 10.2 Å². The summed E-state index contributed by atoms with van der Waals surface area (Å²) in [5, 5.41) is 34.4. The van der Waals surface area contributed by atoms with E-state index >= 15 is 0 Å². The topological polar surface area (TPSA) is 78.3 Å². The molecule has 6 heteroatoms. The van der Waals surface area contributed by atoms with E-state index in [-0.39, 0.29) is 11.8 Å². The van der Waals surface area contributed by atoms with Crippen molar-refractivity contribution in [1.82, 2.24) is 10.2 Å². The summed E-state index contributed by atoms with van der Waals surface area (Å²) in [5.74, 6) is 0.822. The Kier molecular flexibility index (Phi) is 4.40. The fourth-order valence-corrected chi connectivity index (χ4v) is 3.85. The molecule has 1 aromatic heterocycles. The summed E-state index contributed by atoms with van der Waals surface area (Å²) in [6.07, 6.45) is 1.37. The maximum atomic E-state index is 10.5. The van der Waals surface area contributed by atoms with E-state index in [1.54, 1.807) is 6.07 Å². The average Bonchev–Trinajstić information content (AvgIpc) is 2.60. The van der Waals surface area contributed by atoms with Gasteiger partial charge in [-0.3, -0.25) is 0 Å². The van der Waals surface area contributed by atoms with Crippen LogP contribution in [0.2, 0.25) is 0 Å². The van der Waals surface area contributed by atoms with Gasteiger partial charge >= 0.3 is 0 Å². The molecular formula is C21H20BrN3O2. The number of benzene rings is 2. The zero-order valence-corrected chi connectivity index (χ0v) is 16.5. The normalized spacial score (nSPS) is 21.7. The van der Waals surface area contributed by atoms with Crippen molar-refractivity contribution in [2.45, 2.75) is 31.4 Å². The highest BCUT2D eigenvalue weighted by atomic mass is 79.9. The SMILES string of the molecule is C=C(Br)c1ccc(-c2nnc(NC3CC(C)(O)C3)c3ccccc23)c(O)c1. The first-order valence-corrected chi connectivity index (χ1v) is 9.56. The fourth-order valence-electron chi connectivity index (χ4n) is 3.61. The van der Waals surface area contributed by atoms with Crippen molar-refractivity contribution < 1.29 is 10.2 Å². The predicted molar refractivity (Wildman–Crippen MR) is 112 cm³/mol. The number of phenolic OH excluding ortho intramolecular Hbond substituents is 1. The van der Waals surface area contributed by atoms with Crippen LogP contribution >= 0.6 is 15.9 Å². The van der Waals surface area contributed by atoms with E-state index in [1.165, 1.54) is 0 Å². The third kappa shape index (κ3) is 3.42. The number of hydrogen-bond donors (Lipinski definition) is 3. The lowest BCUT2D eigenvalue weighted by atomic mass is 9.77. The fraction of sp³-hybridized carbons (Fsp3) is 0.238. The second kappa shape index (κ2) is 6.62. The average molecular weight is 426 g/mol. The Morgan fingerprint density at radius 1 is 1.19 bits per heavy atom. The lowest BCUT2D eigenvalue weighted by Crippen LogP contribution is -2.48. The molecule has 0 saturated heterocycles. The van der Waals surface area contributed by atoms with Crippen molar-refractivity contribution in [1.29, 1.82) is 0 Å². The Morgan fingerprint density at radius 3 is 2.52 bits per heavy atom. The van der Waals surface area contributed by atoms with Crippen molar-refractivity contribution in [2.75, 3.05) is 5.32 Å². The summed E-state index contributed by atoms with van der Waals surface area (Å²) >= 11 is 3.33. The quantitative estimate of drug-likeness (QED) is 0.564. The molecule has 0 bridgehead atoms. The lowest BCUT2D eigenvalue weighted by molar-refractivity contribution is -0.0235. The maximum Gasteiger partial charge on any atom is 0.156 e. The number of aromatic nitrogens is 2. The van der Waals surface area contributed by atoms with Crippen LogP contribution in [0, 0.1) is 0 Å². The van der Waals surface area contributed by atoms with Crippen molar-refractivity contribution in [3.8, 4) is 17.0 Å². The summed E-state index contributed by atoms with van der Waals surface area (Å²) in [5.41, 5.74) is 1.45. The highest BCUT2D eigenvalue weighted by Crippen LogP contribution is 2.38. The highest BCUT2D eigenvalue weighted by molar-refractivity contribution is 9.15. The first-order valence-electron chi connectivity index (χ1n) is 8.76. The van der Waals surface area contributed by atoms with Crippen molar-refractivity contribution in [3.05, 3.63) is 54.6 Å². The van der Waals surface area contributed by atoms with E-state index < -0.39 is 5.60 Å². The number of phenols is 1. The number of anilines is 1. The minimum Gasteiger partial charge on any atom is -0.507 e. The molecule has 0 atom stereocenters. The van der Waals surface area contributed by atoms with Crippen LogP contribution in [0.25, 0.3) is 26.5 Å². The smallest absolute Gasteiger partial charge is 0.156 e. The molecule has 27 heavy (non-hydrogen) atoms. The van der Waals surface area contributed by atoms with Gasteiger partial charge in [-0.1, -0.05) is 52.8 Å². The van der Waals surface area contributed by atoms with E-state index in [0.29, 0.717) is 34.4 Å². The Bertz CT molecular complexity index is 1040. The molecule has 0 aliphatic heterocycles. The minimum atomic E-state index is -0.603. The van der Waals surface area contributed by atoms with Crippen molar-refractivity contribution in [3.63, 3.8) is 0 Å². The highest BCUT2D eigenvalue weighted by Gasteiger charge is 2.38. The van der Waals surface area contributed by atoms with Crippen LogP contribution in [-0.4, -0.2) is 32.1 Å². The third-order valence-corrected chi connectivity index (χ3v) is 5.42. The molecule has 3 aromatic rings. The van der Waals surface area contributed by atoms with E-state index in [4.69, 9.17) is 0 Å². The van der Waals surface area contributed by atoms with E-state index in [2.05, 4.69) is 38.0 Å². The predicted octanol–water partition coefficient (Wildman–Crippen LogP) is 4.69. The summed E-state index contributed by atoms with van der Waals surface area (Å²) in [7, 11) is 0. The van der Waals surface area contributed by atoms with Gasteiger partial charge in [-0.2, -0.15) is 0 Å². The molecule has 1 fully saturated rings.